The lowest BCUT2D eigenvalue weighted by Crippen LogP contribution is -1.88. The molecule has 84 valence electrons. The molecule has 17 heavy (non-hydrogen) atoms. The maximum Gasteiger partial charge on any atom is 0.182 e. The molecule has 2 heterocycles. The number of rotatable bonds is 1. The van der Waals surface area contributed by atoms with E-state index >= 15 is 0 Å². The maximum absolute atomic E-state index is 6.02. The Labute approximate surface area is 108 Å². The van der Waals surface area contributed by atoms with E-state index in [1.807, 2.05) is 36.4 Å². The van der Waals surface area contributed by atoms with Crippen LogP contribution < -0.4 is 0 Å². The summed E-state index contributed by atoms with van der Waals surface area (Å²) in [6.45, 7) is 0. The number of nitrogens with zero attached hydrogens (tertiary/aromatic N) is 3. The van der Waals surface area contributed by atoms with Crippen LogP contribution in [-0.4, -0.2) is 14.6 Å². The van der Waals surface area contributed by atoms with Crippen LogP contribution >= 0.6 is 23.2 Å². The van der Waals surface area contributed by atoms with Gasteiger partial charge in [-0.2, -0.15) is 0 Å². The summed E-state index contributed by atoms with van der Waals surface area (Å²) in [4.78, 5) is 4.39. The third-order valence-corrected chi connectivity index (χ3v) is 2.92. The van der Waals surface area contributed by atoms with E-state index < -0.39 is 0 Å². The molecule has 0 aliphatic rings. The van der Waals surface area contributed by atoms with Gasteiger partial charge in [-0.3, -0.25) is 0 Å². The van der Waals surface area contributed by atoms with Crippen molar-refractivity contribution in [1.29, 1.82) is 0 Å². The third-order valence-electron chi connectivity index (χ3n) is 2.40. The summed E-state index contributed by atoms with van der Waals surface area (Å²) in [7, 11) is 0. The molecule has 0 aliphatic heterocycles. The fraction of sp³-hybridized carbons (Fsp3) is 0. The van der Waals surface area contributed by atoms with Crippen molar-refractivity contribution in [3.05, 3.63) is 52.6 Å². The normalized spacial score (nSPS) is 10.9. The van der Waals surface area contributed by atoms with Crippen molar-refractivity contribution < 1.29 is 0 Å². The van der Waals surface area contributed by atoms with E-state index in [1.165, 1.54) is 0 Å². The predicted octanol–water partition coefficient (Wildman–Crippen LogP) is 3.70. The van der Waals surface area contributed by atoms with Gasteiger partial charge >= 0.3 is 0 Å². The predicted molar refractivity (Wildman–Crippen MR) is 68.4 cm³/mol. The van der Waals surface area contributed by atoms with Gasteiger partial charge in [-0.25, -0.2) is 9.50 Å². The summed E-state index contributed by atoms with van der Waals surface area (Å²) < 4.78 is 1.60. The molecule has 0 amide bonds. The Morgan fingerprint density at radius 2 is 1.82 bits per heavy atom. The highest BCUT2D eigenvalue weighted by Crippen LogP contribution is 2.21. The van der Waals surface area contributed by atoms with E-state index in [4.69, 9.17) is 23.2 Å². The second-order valence-electron chi connectivity index (χ2n) is 3.56. The summed E-state index contributed by atoms with van der Waals surface area (Å²) in [6.07, 6.45) is 0. The van der Waals surface area contributed by atoms with Crippen LogP contribution in [0.4, 0.5) is 0 Å². The van der Waals surface area contributed by atoms with Gasteiger partial charge in [-0.05, 0) is 24.3 Å². The Balaban J connectivity index is 2.22. The lowest BCUT2D eigenvalue weighted by molar-refractivity contribution is 0.966. The van der Waals surface area contributed by atoms with Gasteiger partial charge in [0.2, 0.25) is 0 Å². The van der Waals surface area contributed by atoms with Gasteiger partial charge in [0.15, 0.2) is 11.5 Å². The van der Waals surface area contributed by atoms with Crippen LogP contribution in [-0.2, 0) is 0 Å². The average Bonchev–Trinajstić information content (AvgIpc) is 2.74. The monoisotopic (exact) mass is 263 g/mol. The first-order valence-corrected chi connectivity index (χ1v) is 5.77. The summed E-state index contributed by atoms with van der Waals surface area (Å²) in [5.41, 5.74) is 1.59. The van der Waals surface area contributed by atoms with Crippen LogP contribution in [0.3, 0.4) is 0 Å². The Kier molecular flexibility index (Phi) is 2.50. The van der Waals surface area contributed by atoms with Gasteiger partial charge in [0, 0.05) is 10.6 Å². The van der Waals surface area contributed by atoms with Crippen molar-refractivity contribution in [1.82, 2.24) is 14.6 Å². The molecule has 0 fully saturated rings. The van der Waals surface area contributed by atoms with E-state index in [9.17, 15) is 0 Å². The second kappa shape index (κ2) is 4.02. The summed E-state index contributed by atoms with van der Waals surface area (Å²) in [6, 6.07) is 12.9. The van der Waals surface area contributed by atoms with Crippen LogP contribution in [0.5, 0.6) is 0 Å². The lowest BCUT2D eigenvalue weighted by Gasteiger charge is -1.94. The molecular weight excluding hydrogens is 257 g/mol. The number of pyridine rings is 1. The number of halogens is 2. The van der Waals surface area contributed by atoms with Gasteiger partial charge < -0.3 is 0 Å². The fourth-order valence-corrected chi connectivity index (χ4v) is 2.01. The number of aromatic nitrogens is 3. The number of fused-ring (bicyclic) bond motifs is 1. The molecule has 0 aliphatic carbocycles. The molecule has 1 aromatic carbocycles. The van der Waals surface area contributed by atoms with Crippen molar-refractivity contribution in [2.24, 2.45) is 0 Å². The molecule has 0 atom stereocenters. The molecule has 0 radical (unpaired) electrons. The smallest absolute Gasteiger partial charge is 0.182 e. The highest BCUT2D eigenvalue weighted by atomic mass is 35.5. The minimum absolute atomic E-state index is 0.531. The largest absolute Gasteiger partial charge is 0.207 e. The number of hydrogen-bond donors (Lipinski definition) is 0. The van der Waals surface area contributed by atoms with Crippen molar-refractivity contribution in [3.63, 3.8) is 0 Å². The number of hydrogen-bond acceptors (Lipinski definition) is 2. The SMILES string of the molecule is Clc1cccc(-c2nc3cccc(Cl)n3n2)c1. The summed E-state index contributed by atoms with van der Waals surface area (Å²) in [5.74, 6) is 0.612. The van der Waals surface area contributed by atoms with E-state index in [-0.39, 0.29) is 0 Å². The zero-order chi connectivity index (χ0) is 11.8. The van der Waals surface area contributed by atoms with Gasteiger partial charge in [0.1, 0.15) is 5.15 Å². The minimum atomic E-state index is 0.531. The van der Waals surface area contributed by atoms with E-state index in [0.717, 1.165) is 5.56 Å². The van der Waals surface area contributed by atoms with Gasteiger partial charge in [-0.1, -0.05) is 41.4 Å². The molecule has 5 heteroatoms. The minimum Gasteiger partial charge on any atom is -0.207 e. The van der Waals surface area contributed by atoms with Crippen molar-refractivity contribution in [2.75, 3.05) is 0 Å². The molecule has 0 saturated heterocycles. The van der Waals surface area contributed by atoms with Crippen LogP contribution in [0.25, 0.3) is 17.0 Å². The molecule has 3 nitrogen and oxygen atoms in total. The molecule has 0 unspecified atom stereocenters. The zero-order valence-electron chi connectivity index (χ0n) is 8.64. The first kappa shape index (κ1) is 10.6. The van der Waals surface area contributed by atoms with E-state index in [0.29, 0.717) is 21.6 Å². The molecule has 2 aromatic heterocycles. The topological polar surface area (TPSA) is 30.2 Å². The highest BCUT2D eigenvalue weighted by Gasteiger charge is 2.07. The van der Waals surface area contributed by atoms with Gasteiger partial charge in [0.05, 0.1) is 0 Å². The van der Waals surface area contributed by atoms with Crippen molar-refractivity contribution >= 4 is 28.8 Å². The van der Waals surface area contributed by atoms with Crippen molar-refractivity contribution in [3.8, 4) is 11.4 Å². The molecule has 0 saturated carbocycles. The quantitative estimate of drug-likeness (QED) is 0.627. The van der Waals surface area contributed by atoms with Crippen LogP contribution in [0.1, 0.15) is 0 Å². The average molecular weight is 264 g/mol. The molecule has 0 spiro atoms. The Bertz CT molecular complexity index is 691. The molecule has 3 aromatic rings. The maximum atomic E-state index is 6.02. The lowest BCUT2D eigenvalue weighted by atomic mass is 10.2. The van der Waals surface area contributed by atoms with E-state index in [2.05, 4.69) is 10.1 Å². The van der Waals surface area contributed by atoms with Crippen LogP contribution in [0.2, 0.25) is 10.2 Å². The zero-order valence-corrected chi connectivity index (χ0v) is 10.2. The Morgan fingerprint density at radius 1 is 1.00 bits per heavy atom. The molecule has 0 bridgehead atoms. The van der Waals surface area contributed by atoms with Gasteiger partial charge in [0.25, 0.3) is 0 Å². The first-order chi connectivity index (χ1) is 8.24. The second-order valence-corrected chi connectivity index (χ2v) is 4.39. The van der Waals surface area contributed by atoms with Crippen LogP contribution in [0, 0.1) is 0 Å². The molecule has 0 N–H and O–H groups in total. The molecular formula is C12H7Cl2N3. The third kappa shape index (κ3) is 1.88. The fourth-order valence-electron chi connectivity index (χ4n) is 1.62. The van der Waals surface area contributed by atoms with E-state index in [1.54, 1.807) is 10.6 Å². The van der Waals surface area contributed by atoms with Crippen molar-refractivity contribution in [2.45, 2.75) is 0 Å². The van der Waals surface area contributed by atoms with Gasteiger partial charge in [-0.15, -0.1) is 5.10 Å². The highest BCUT2D eigenvalue weighted by molar-refractivity contribution is 6.30. The molecule has 3 rings (SSSR count). The number of benzene rings is 1. The van der Waals surface area contributed by atoms with Crippen LogP contribution in [0.15, 0.2) is 42.5 Å². The Morgan fingerprint density at radius 3 is 2.59 bits per heavy atom. The Hall–Kier alpha value is -1.58. The summed E-state index contributed by atoms with van der Waals surface area (Å²) >= 11 is 12.0. The first-order valence-electron chi connectivity index (χ1n) is 5.01. The standard InChI is InChI=1S/C12H7Cl2N3/c13-9-4-1-3-8(7-9)12-15-11-6-2-5-10(14)17(11)16-12/h1-7H. The summed E-state index contributed by atoms with van der Waals surface area (Å²) in [5, 5.41) is 5.53.